The zero-order valence-electron chi connectivity index (χ0n) is 19.3. The summed E-state index contributed by atoms with van der Waals surface area (Å²) in [4.78, 5) is 0. The summed E-state index contributed by atoms with van der Waals surface area (Å²) in [6.07, 6.45) is 10.5. The van der Waals surface area contributed by atoms with Gasteiger partial charge in [0.2, 0.25) is 0 Å². The Bertz CT molecular complexity index is 994. The molecule has 1 heteroatoms. The van der Waals surface area contributed by atoms with Crippen LogP contribution in [0.5, 0.6) is 0 Å². The summed E-state index contributed by atoms with van der Waals surface area (Å²) in [5, 5.41) is 0. The average Bonchev–Trinajstić information content (AvgIpc) is 3.19. The van der Waals surface area contributed by atoms with Crippen molar-refractivity contribution in [2.45, 2.75) is 50.5 Å². The van der Waals surface area contributed by atoms with Crippen molar-refractivity contribution in [2.24, 2.45) is 0 Å². The Labute approximate surface area is 197 Å². The van der Waals surface area contributed by atoms with Crippen molar-refractivity contribution in [1.82, 2.24) is 0 Å². The first-order valence-corrected chi connectivity index (χ1v) is 16.3. The molecule has 0 fully saturated rings. The molecular weight excluding hydrogens is 420 g/mol. The standard InChI is InChI=1S/C10H13.3C7H7.Ti/c1-8-6-7-9-4-2-3-5-10(8)9;3*1-7-5-3-2-4-6-7;/h6-7H,2-5H2,1H3;3*2-6H,1H2;. The summed E-state index contributed by atoms with van der Waals surface area (Å²) in [5.74, 6) is 0. The van der Waals surface area contributed by atoms with E-state index in [0.717, 1.165) is 0 Å². The summed E-state index contributed by atoms with van der Waals surface area (Å²) in [6.45, 7) is 2.63. The van der Waals surface area contributed by atoms with E-state index in [1.165, 1.54) is 56.6 Å². The topological polar surface area (TPSA) is 0 Å². The SMILES string of the molecule is C[C]1([Ti]([CH2]c2ccccc2)([CH2]c2ccccc2)[CH2]c2ccccc2)C=CC2=C1CCCC2. The van der Waals surface area contributed by atoms with E-state index in [2.05, 4.69) is 110 Å². The van der Waals surface area contributed by atoms with Crippen LogP contribution < -0.4 is 0 Å². The van der Waals surface area contributed by atoms with Gasteiger partial charge in [0.15, 0.2) is 0 Å². The van der Waals surface area contributed by atoms with E-state index in [0.29, 0.717) is 0 Å². The van der Waals surface area contributed by atoms with Gasteiger partial charge in [0.25, 0.3) is 0 Å². The Morgan fingerprint density at radius 1 is 0.625 bits per heavy atom. The molecule has 3 aromatic carbocycles. The Morgan fingerprint density at radius 2 is 1.06 bits per heavy atom. The number of allylic oxidation sites excluding steroid dienone is 4. The van der Waals surface area contributed by atoms with Crippen LogP contribution in [0.4, 0.5) is 0 Å². The molecule has 162 valence electrons. The van der Waals surface area contributed by atoms with Crippen LogP contribution in [0.2, 0.25) is 3.72 Å². The number of benzene rings is 3. The number of hydrogen-bond donors (Lipinski definition) is 0. The third kappa shape index (κ3) is 4.24. The van der Waals surface area contributed by atoms with Crippen LogP contribution in [-0.4, -0.2) is 0 Å². The van der Waals surface area contributed by atoms with E-state index in [4.69, 9.17) is 0 Å². The van der Waals surface area contributed by atoms with E-state index >= 15 is 0 Å². The fourth-order valence-corrected chi connectivity index (χ4v) is 15.5. The van der Waals surface area contributed by atoms with Crippen molar-refractivity contribution >= 4 is 0 Å². The van der Waals surface area contributed by atoms with Gasteiger partial charge >= 0.3 is 198 Å². The molecule has 0 radical (unpaired) electrons. The van der Waals surface area contributed by atoms with Gasteiger partial charge in [-0.1, -0.05) is 0 Å². The van der Waals surface area contributed by atoms with Crippen LogP contribution in [-0.2, 0) is 30.8 Å². The molecule has 3 aromatic rings. The molecule has 0 aliphatic heterocycles. The zero-order valence-corrected chi connectivity index (χ0v) is 20.8. The first-order chi connectivity index (χ1) is 15.7. The molecule has 2 aliphatic rings. The third-order valence-corrected chi connectivity index (χ3v) is 17.3. The summed E-state index contributed by atoms with van der Waals surface area (Å²) < 4.78 is 4.05. The summed E-state index contributed by atoms with van der Waals surface area (Å²) >= 11 is -2.67. The number of rotatable bonds is 7. The second-order valence-corrected chi connectivity index (χ2v) is 17.3. The minimum absolute atomic E-state index is 0.247. The van der Waals surface area contributed by atoms with Crippen LogP contribution in [0.1, 0.15) is 49.3 Å². The van der Waals surface area contributed by atoms with Crippen LogP contribution >= 0.6 is 0 Å². The molecule has 32 heavy (non-hydrogen) atoms. The van der Waals surface area contributed by atoms with Gasteiger partial charge in [0.05, 0.1) is 0 Å². The maximum atomic E-state index is 2.66. The first kappa shape index (κ1) is 21.7. The van der Waals surface area contributed by atoms with Crippen molar-refractivity contribution < 1.29 is 16.6 Å². The van der Waals surface area contributed by atoms with Crippen molar-refractivity contribution in [3.63, 3.8) is 0 Å². The minimum atomic E-state index is -2.67. The van der Waals surface area contributed by atoms with Crippen molar-refractivity contribution in [3.05, 3.63) is 131 Å². The Hall–Kier alpha value is -2.15. The molecule has 0 amide bonds. The second-order valence-electron chi connectivity index (χ2n) is 10.0. The van der Waals surface area contributed by atoms with Crippen LogP contribution in [0.3, 0.4) is 0 Å². The summed E-state index contributed by atoms with van der Waals surface area (Å²) in [6, 6.07) is 34.1. The Balaban J connectivity index is 1.67. The van der Waals surface area contributed by atoms with E-state index in [1.807, 2.05) is 0 Å². The summed E-state index contributed by atoms with van der Waals surface area (Å²) in [7, 11) is 0. The van der Waals surface area contributed by atoms with Gasteiger partial charge in [0.1, 0.15) is 0 Å². The fraction of sp³-hybridized carbons (Fsp3) is 0.290. The van der Waals surface area contributed by atoms with E-state index in [9.17, 15) is 0 Å². The van der Waals surface area contributed by atoms with Crippen LogP contribution in [0.25, 0.3) is 0 Å². The normalized spacial score (nSPS) is 20.4. The molecule has 0 bridgehead atoms. The fourth-order valence-electron chi connectivity index (χ4n) is 6.27. The van der Waals surface area contributed by atoms with Gasteiger partial charge in [-0.05, 0) is 0 Å². The molecule has 0 heterocycles. The van der Waals surface area contributed by atoms with Crippen molar-refractivity contribution in [1.29, 1.82) is 0 Å². The van der Waals surface area contributed by atoms with Crippen molar-refractivity contribution in [3.8, 4) is 0 Å². The Morgan fingerprint density at radius 3 is 1.53 bits per heavy atom. The molecule has 1 unspecified atom stereocenters. The predicted molar refractivity (Wildman–Crippen MR) is 133 cm³/mol. The van der Waals surface area contributed by atoms with Crippen molar-refractivity contribution in [2.75, 3.05) is 0 Å². The quantitative estimate of drug-likeness (QED) is 0.315. The molecule has 0 saturated carbocycles. The molecule has 0 spiro atoms. The van der Waals surface area contributed by atoms with Gasteiger partial charge in [0, 0.05) is 0 Å². The Kier molecular flexibility index (Phi) is 6.36. The molecule has 0 saturated heterocycles. The third-order valence-electron chi connectivity index (χ3n) is 8.01. The monoisotopic (exact) mass is 454 g/mol. The summed E-state index contributed by atoms with van der Waals surface area (Å²) in [5.41, 5.74) is 8.05. The van der Waals surface area contributed by atoms with E-state index in [1.54, 1.807) is 11.1 Å². The van der Waals surface area contributed by atoms with Gasteiger partial charge in [-0.3, -0.25) is 0 Å². The molecule has 0 N–H and O–H groups in total. The first-order valence-electron chi connectivity index (χ1n) is 12.2. The van der Waals surface area contributed by atoms with Crippen LogP contribution in [0, 0.1) is 0 Å². The number of hydrogen-bond acceptors (Lipinski definition) is 0. The zero-order chi connectivity index (χ0) is 21.9. The van der Waals surface area contributed by atoms with Gasteiger partial charge in [-0.2, -0.15) is 0 Å². The molecule has 0 aromatic heterocycles. The average molecular weight is 454 g/mol. The van der Waals surface area contributed by atoms with Gasteiger partial charge < -0.3 is 0 Å². The van der Waals surface area contributed by atoms with E-state index < -0.39 is 16.6 Å². The van der Waals surface area contributed by atoms with E-state index in [-0.39, 0.29) is 3.72 Å². The van der Waals surface area contributed by atoms with Gasteiger partial charge in [-0.25, -0.2) is 0 Å². The molecular formula is C31H34Ti. The molecule has 2 aliphatic carbocycles. The maximum absolute atomic E-state index is 2.67. The second kappa shape index (κ2) is 9.38. The van der Waals surface area contributed by atoms with Crippen LogP contribution in [0.15, 0.2) is 114 Å². The predicted octanol–water partition coefficient (Wildman–Crippen LogP) is 8.36. The molecule has 1 atom stereocenters. The van der Waals surface area contributed by atoms with Gasteiger partial charge in [-0.15, -0.1) is 0 Å². The molecule has 5 rings (SSSR count). The molecule has 0 nitrogen and oxygen atoms in total.